The molecule has 1 rings (SSSR count). The van der Waals surface area contributed by atoms with E-state index in [1.165, 1.54) is 25.7 Å². The Morgan fingerprint density at radius 3 is 2.43 bits per heavy atom. The van der Waals surface area contributed by atoms with Crippen molar-refractivity contribution in [3.63, 3.8) is 0 Å². The van der Waals surface area contributed by atoms with Crippen LogP contribution in [0.1, 0.15) is 52.4 Å². The van der Waals surface area contributed by atoms with Crippen LogP contribution in [0.2, 0.25) is 0 Å². The van der Waals surface area contributed by atoms with Gasteiger partial charge in [-0.3, -0.25) is 0 Å². The summed E-state index contributed by atoms with van der Waals surface area (Å²) in [6, 6.07) is 3.58. The predicted octanol–water partition coefficient (Wildman–Crippen LogP) is 2.85. The molecule has 0 atom stereocenters. The Balaban J connectivity index is 2.15. The highest BCUT2D eigenvalue weighted by Gasteiger charge is 2.20. The van der Waals surface area contributed by atoms with Crippen molar-refractivity contribution in [1.29, 1.82) is 5.26 Å². The minimum Gasteiger partial charge on any atom is -0.312 e. The molecule has 0 amide bonds. The van der Waals surface area contributed by atoms with E-state index in [4.69, 9.17) is 5.26 Å². The Morgan fingerprint density at radius 2 is 1.93 bits per heavy atom. The lowest BCUT2D eigenvalue weighted by molar-refractivity contribution is 0.272. The molecule has 0 heterocycles. The molecule has 2 nitrogen and oxygen atoms in total. The largest absolute Gasteiger partial charge is 0.312 e. The predicted molar refractivity (Wildman–Crippen MR) is 58.9 cm³/mol. The molecule has 0 radical (unpaired) electrons. The lowest BCUT2D eigenvalue weighted by atomic mass is 9.83. The van der Waals surface area contributed by atoms with Crippen LogP contribution in [0, 0.1) is 17.2 Å². The molecular formula is C12H22N2. The monoisotopic (exact) mass is 194 g/mol. The number of rotatable bonds is 4. The Morgan fingerprint density at radius 1 is 1.29 bits per heavy atom. The van der Waals surface area contributed by atoms with Gasteiger partial charge in [0.1, 0.15) is 0 Å². The van der Waals surface area contributed by atoms with Crippen molar-refractivity contribution in [3.8, 4) is 6.07 Å². The zero-order chi connectivity index (χ0) is 10.4. The minimum atomic E-state index is 0.607. The van der Waals surface area contributed by atoms with Crippen molar-refractivity contribution >= 4 is 0 Å². The summed E-state index contributed by atoms with van der Waals surface area (Å²) in [5.41, 5.74) is 0. The fourth-order valence-electron chi connectivity index (χ4n) is 2.36. The highest BCUT2D eigenvalue weighted by Crippen LogP contribution is 2.27. The Bertz CT molecular complexity index is 185. The fraction of sp³-hybridized carbons (Fsp3) is 0.917. The molecule has 1 fully saturated rings. The van der Waals surface area contributed by atoms with Crippen molar-refractivity contribution < 1.29 is 0 Å². The molecule has 0 aliphatic heterocycles. The quantitative estimate of drug-likeness (QED) is 0.747. The Kier molecular flexibility index (Phi) is 4.97. The van der Waals surface area contributed by atoms with Gasteiger partial charge in [-0.25, -0.2) is 0 Å². The van der Waals surface area contributed by atoms with Gasteiger partial charge in [0.25, 0.3) is 0 Å². The van der Waals surface area contributed by atoms with Crippen LogP contribution in [-0.4, -0.2) is 12.1 Å². The van der Waals surface area contributed by atoms with Gasteiger partial charge in [-0.1, -0.05) is 13.8 Å². The molecule has 0 aromatic carbocycles. The van der Waals surface area contributed by atoms with Gasteiger partial charge in [0, 0.05) is 18.5 Å². The van der Waals surface area contributed by atoms with Crippen LogP contribution in [0.5, 0.6) is 0 Å². The maximum atomic E-state index is 8.51. The van der Waals surface area contributed by atoms with Crippen molar-refractivity contribution in [1.82, 2.24) is 5.32 Å². The standard InChI is InChI=1S/C12H22N2/c1-10(2)14-12-7-5-11(6-8-12)4-3-9-13/h10-12,14H,3-8H2,1-2H3. The van der Waals surface area contributed by atoms with E-state index in [1.54, 1.807) is 0 Å². The summed E-state index contributed by atoms with van der Waals surface area (Å²) in [4.78, 5) is 0. The topological polar surface area (TPSA) is 35.8 Å². The smallest absolute Gasteiger partial charge is 0.0621 e. The van der Waals surface area contributed by atoms with E-state index in [2.05, 4.69) is 25.2 Å². The first-order chi connectivity index (χ1) is 6.72. The van der Waals surface area contributed by atoms with Gasteiger partial charge < -0.3 is 5.32 Å². The number of hydrogen-bond acceptors (Lipinski definition) is 2. The molecule has 1 aliphatic rings. The van der Waals surface area contributed by atoms with Crippen molar-refractivity contribution in [2.75, 3.05) is 0 Å². The second kappa shape index (κ2) is 6.03. The SMILES string of the molecule is CC(C)NC1CCC(CCC#N)CC1. The molecule has 0 aromatic rings. The summed E-state index contributed by atoms with van der Waals surface area (Å²) in [6.45, 7) is 4.42. The van der Waals surface area contributed by atoms with Gasteiger partial charge in [0.15, 0.2) is 0 Å². The molecule has 1 saturated carbocycles. The van der Waals surface area contributed by atoms with Crippen LogP contribution in [0.25, 0.3) is 0 Å². The van der Waals surface area contributed by atoms with Gasteiger partial charge in [-0.05, 0) is 38.0 Å². The van der Waals surface area contributed by atoms with E-state index < -0.39 is 0 Å². The van der Waals surface area contributed by atoms with Crippen LogP contribution in [0.4, 0.5) is 0 Å². The Labute approximate surface area is 87.7 Å². The summed E-state index contributed by atoms with van der Waals surface area (Å²) in [7, 11) is 0. The van der Waals surface area contributed by atoms with Gasteiger partial charge in [0.2, 0.25) is 0 Å². The summed E-state index contributed by atoms with van der Waals surface area (Å²) in [6.07, 6.45) is 7.08. The zero-order valence-corrected chi connectivity index (χ0v) is 9.42. The maximum absolute atomic E-state index is 8.51. The third-order valence-corrected chi connectivity index (χ3v) is 3.08. The van der Waals surface area contributed by atoms with Crippen LogP contribution in [0.15, 0.2) is 0 Å². The molecule has 1 aliphatic carbocycles. The lowest BCUT2D eigenvalue weighted by Crippen LogP contribution is -2.37. The number of nitrogens with one attached hydrogen (secondary N) is 1. The zero-order valence-electron chi connectivity index (χ0n) is 9.42. The van der Waals surface area contributed by atoms with Crippen LogP contribution < -0.4 is 5.32 Å². The summed E-state index contributed by atoms with van der Waals surface area (Å²) >= 11 is 0. The second-order valence-corrected chi connectivity index (χ2v) is 4.74. The highest BCUT2D eigenvalue weighted by molar-refractivity contribution is 4.80. The molecule has 0 spiro atoms. The second-order valence-electron chi connectivity index (χ2n) is 4.74. The fourth-order valence-corrected chi connectivity index (χ4v) is 2.36. The number of hydrogen-bond donors (Lipinski definition) is 1. The van der Waals surface area contributed by atoms with Gasteiger partial charge in [0.05, 0.1) is 6.07 Å². The highest BCUT2D eigenvalue weighted by atomic mass is 14.9. The third kappa shape index (κ3) is 4.11. The molecule has 80 valence electrons. The van der Waals surface area contributed by atoms with Gasteiger partial charge >= 0.3 is 0 Å². The maximum Gasteiger partial charge on any atom is 0.0621 e. The van der Waals surface area contributed by atoms with Crippen LogP contribution in [-0.2, 0) is 0 Å². The van der Waals surface area contributed by atoms with Crippen molar-refractivity contribution in [3.05, 3.63) is 0 Å². The van der Waals surface area contributed by atoms with Gasteiger partial charge in [-0.2, -0.15) is 5.26 Å². The molecular weight excluding hydrogens is 172 g/mol. The Hall–Kier alpha value is -0.550. The summed E-state index contributed by atoms with van der Waals surface area (Å²) < 4.78 is 0. The minimum absolute atomic E-state index is 0.607. The molecule has 1 N–H and O–H groups in total. The first kappa shape index (κ1) is 11.5. The van der Waals surface area contributed by atoms with E-state index in [-0.39, 0.29) is 0 Å². The van der Waals surface area contributed by atoms with Crippen molar-refractivity contribution in [2.24, 2.45) is 5.92 Å². The van der Waals surface area contributed by atoms with Gasteiger partial charge in [-0.15, -0.1) is 0 Å². The lowest BCUT2D eigenvalue weighted by Gasteiger charge is -2.30. The average molecular weight is 194 g/mol. The van der Waals surface area contributed by atoms with E-state index in [9.17, 15) is 0 Å². The number of nitrogens with zero attached hydrogens (tertiary/aromatic N) is 1. The summed E-state index contributed by atoms with van der Waals surface area (Å²) in [5.74, 6) is 0.819. The van der Waals surface area contributed by atoms with Crippen molar-refractivity contribution in [2.45, 2.75) is 64.5 Å². The molecule has 2 heteroatoms. The van der Waals surface area contributed by atoms with E-state index in [0.717, 1.165) is 24.8 Å². The molecule has 0 bridgehead atoms. The molecule has 0 aromatic heterocycles. The third-order valence-electron chi connectivity index (χ3n) is 3.08. The first-order valence-electron chi connectivity index (χ1n) is 5.85. The van der Waals surface area contributed by atoms with E-state index in [1.807, 2.05) is 0 Å². The molecule has 14 heavy (non-hydrogen) atoms. The molecule has 0 saturated heterocycles. The molecule has 0 unspecified atom stereocenters. The normalized spacial score (nSPS) is 27.6. The van der Waals surface area contributed by atoms with Crippen LogP contribution in [0.3, 0.4) is 0 Å². The number of nitriles is 1. The van der Waals surface area contributed by atoms with E-state index in [0.29, 0.717) is 6.04 Å². The van der Waals surface area contributed by atoms with E-state index >= 15 is 0 Å². The first-order valence-corrected chi connectivity index (χ1v) is 5.85. The summed E-state index contributed by atoms with van der Waals surface area (Å²) in [5, 5.41) is 12.1. The average Bonchev–Trinajstić information content (AvgIpc) is 2.16. The van der Waals surface area contributed by atoms with Crippen LogP contribution >= 0.6 is 0 Å².